The number of imidazole rings is 1. The molecule has 7 nitrogen and oxygen atoms in total. The van der Waals surface area contributed by atoms with E-state index in [2.05, 4.69) is 10.3 Å². The first-order chi connectivity index (χ1) is 15.8. The average molecular weight is 483 g/mol. The van der Waals surface area contributed by atoms with Gasteiger partial charge in [0.1, 0.15) is 5.82 Å². The molecule has 4 aromatic rings. The number of rotatable bonds is 7. The molecule has 0 radical (unpaired) electrons. The molecule has 0 saturated carbocycles. The van der Waals surface area contributed by atoms with Crippen LogP contribution >= 0.6 is 11.6 Å². The Labute approximate surface area is 197 Å². The molecule has 170 valence electrons. The Bertz CT molecular complexity index is 1430. The van der Waals surface area contributed by atoms with E-state index in [-0.39, 0.29) is 22.9 Å². The smallest absolute Gasteiger partial charge is 0.264 e. The highest BCUT2D eigenvalue weighted by Crippen LogP contribution is 2.25. The fraction of sp³-hybridized carbons (Fsp3) is 0.167. The van der Waals surface area contributed by atoms with Crippen LogP contribution in [0.3, 0.4) is 0 Å². The van der Waals surface area contributed by atoms with Crippen molar-refractivity contribution in [3.05, 3.63) is 89.2 Å². The number of benzene rings is 3. The van der Waals surface area contributed by atoms with Crippen molar-refractivity contribution in [2.45, 2.75) is 24.9 Å². The number of halogens is 1. The number of aromatic nitrogens is 2. The lowest BCUT2D eigenvalue weighted by atomic mass is 10.2. The van der Waals surface area contributed by atoms with Crippen molar-refractivity contribution in [3.8, 4) is 0 Å². The summed E-state index contributed by atoms with van der Waals surface area (Å²) in [6, 6.07) is 20.3. The molecule has 3 aromatic carbocycles. The Balaban J connectivity index is 1.55. The van der Waals surface area contributed by atoms with Crippen molar-refractivity contribution in [2.75, 3.05) is 11.4 Å². The Morgan fingerprint density at radius 2 is 1.82 bits per heavy atom. The summed E-state index contributed by atoms with van der Waals surface area (Å²) in [4.78, 5) is 17.4. The summed E-state index contributed by atoms with van der Waals surface area (Å²) in [6.45, 7) is 2.96. The summed E-state index contributed by atoms with van der Waals surface area (Å²) in [5, 5.41) is 3.28. The number of para-hydroxylation sites is 2. The van der Waals surface area contributed by atoms with E-state index in [1.807, 2.05) is 35.8 Å². The zero-order valence-electron chi connectivity index (χ0n) is 18.2. The summed E-state index contributed by atoms with van der Waals surface area (Å²) in [6.07, 6.45) is 0. The average Bonchev–Trinajstić information content (AvgIpc) is 3.19. The largest absolute Gasteiger partial charge is 0.345 e. The van der Waals surface area contributed by atoms with E-state index in [4.69, 9.17) is 11.6 Å². The van der Waals surface area contributed by atoms with Crippen LogP contribution in [0, 0.1) is 0 Å². The second-order valence-electron chi connectivity index (χ2n) is 7.42. The van der Waals surface area contributed by atoms with Gasteiger partial charge in [0.15, 0.2) is 0 Å². The van der Waals surface area contributed by atoms with Gasteiger partial charge in [-0.2, -0.15) is 0 Å². The molecule has 0 aliphatic rings. The van der Waals surface area contributed by atoms with Gasteiger partial charge in [0.25, 0.3) is 15.9 Å². The van der Waals surface area contributed by atoms with Crippen molar-refractivity contribution < 1.29 is 13.2 Å². The molecule has 0 spiro atoms. The van der Waals surface area contributed by atoms with Gasteiger partial charge in [0.05, 0.1) is 28.2 Å². The van der Waals surface area contributed by atoms with Gasteiger partial charge < -0.3 is 9.88 Å². The molecule has 1 aromatic heterocycles. The van der Waals surface area contributed by atoms with E-state index in [9.17, 15) is 13.2 Å². The number of sulfonamides is 1. The predicted molar refractivity (Wildman–Crippen MR) is 130 cm³/mol. The number of hydrogen-bond acceptors (Lipinski definition) is 4. The van der Waals surface area contributed by atoms with E-state index >= 15 is 0 Å². The van der Waals surface area contributed by atoms with Crippen molar-refractivity contribution in [1.29, 1.82) is 0 Å². The Morgan fingerprint density at radius 3 is 2.58 bits per heavy atom. The fourth-order valence-electron chi connectivity index (χ4n) is 3.64. The number of fused-ring (bicyclic) bond motifs is 1. The number of nitrogens with one attached hydrogen (secondary N) is 1. The molecule has 1 amide bonds. The Hall–Kier alpha value is -3.36. The monoisotopic (exact) mass is 482 g/mol. The van der Waals surface area contributed by atoms with E-state index in [1.54, 1.807) is 36.4 Å². The topological polar surface area (TPSA) is 84.3 Å². The molecular formula is C24H23ClN4O3S. The molecule has 0 bridgehead atoms. The van der Waals surface area contributed by atoms with Crippen LogP contribution in [0.15, 0.2) is 77.7 Å². The van der Waals surface area contributed by atoms with Crippen LogP contribution in [0.4, 0.5) is 5.69 Å². The number of nitrogens with zero attached hydrogens (tertiary/aromatic N) is 3. The number of carbonyl (C=O) groups is 1. The number of hydrogen-bond donors (Lipinski definition) is 1. The van der Waals surface area contributed by atoms with Gasteiger partial charge in [0, 0.05) is 24.2 Å². The summed E-state index contributed by atoms with van der Waals surface area (Å²) in [7, 11) is -2.43. The van der Waals surface area contributed by atoms with Crippen LogP contribution in [0.2, 0.25) is 5.02 Å². The third-order valence-corrected chi connectivity index (χ3v) is 7.40. The van der Waals surface area contributed by atoms with Gasteiger partial charge in [-0.3, -0.25) is 9.10 Å². The SMILES string of the molecule is CCn1c(CNC(=O)c2cccc(S(=O)(=O)N(C)c3cccc(Cl)c3)c2)nc2ccccc21. The van der Waals surface area contributed by atoms with Crippen molar-refractivity contribution in [2.24, 2.45) is 0 Å². The molecule has 1 heterocycles. The van der Waals surface area contributed by atoms with E-state index in [0.717, 1.165) is 27.7 Å². The van der Waals surface area contributed by atoms with Gasteiger partial charge in [0.2, 0.25) is 0 Å². The maximum absolute atomic E-state index is 13.1. The minimum absolute atomic E-state index is 0.0124. The number of amides is 1. The fourth-order valence-corrected chi connectivity index (χ4v) is 5.06. The van der Waals surface area contributed by atoms with Crippen LogP contribution in [-0.4, -0.2) is 30.9 Å². The van der Waals surface area contributed by atoms with Crippen LogP contribution < -0.4 is 9.62 Å². The molecule has 0 aliphatic heterocycles. The third-order valence-electron chi connectivity index (χ3n) is 5.38. The maximum Gasteiger partial charge on any atom is 0.264 e. The first-order valence-corrected chi connectivity index (χ1v) is 12.2. The first kappa shape index (κ1) is 22.8. The predicted octanol–water partition coefficient (Wildman–Crippen LogP) is 4.46. The van der Waals surface area contributed by atoms with Crippen LogP contribution in [0.1, 0.15) is 23.1 Å². The van der Waals surface area contributed by atoms with Crippen molar-refractivity contribution >= 4 is 44.3 Å². The third kappa shape index (κ3) is 4.58. The molecule has 0 unspecified atom stereocenters. The molecule has 0 fully saturated rings. The zero-order chi connectivity index (χ0) is 23.6. The summed E-state index contributed by atoms with van der Waals surface area (Å²) >= 11 is 6.00. The number of anilines is 1. The molecule has 0 atom stereocenters. The first-order valence-electron chi connectivity index (χ1n) is 10.4. The van der Waals surface area contributed by atoms with Gasteiger partial charge in [-0.05, 0) is 55.5 Å². The van der Waals surface area contributed by atoms with Gasteiger partial charge in [-0.15, -0.1) is 0 Å². The highest BCUT2D eigenvalue weighted by Gasteiger charge is 2.23. The van der Waals surface area contributed by atoms with Gasteiger partial charge in [-0.25, -0.2) is 13.4 Å². The van der Waals surface area contributed by atoms with Gasteiger partial charge in [-0.1, -0.05) is 35.9 Å². The van der Waals surface area contributed by atoms with Crippen molar-refractivity contribution in [1.82, 2.24) is 14.9 Å². The highest BCUT2D eigenvalue weighted by atomic mass is 35.5. The Kier molecular flexibility index (Phi) is 6.40. The lowest BCUT2D eigenvalue weighted by molar-refractivity contribution is 0.0949. The molecule has 0 aliphatic carbocycles. The summed E-state index contributed by atoms with van der Waals surface area (Å²) < 4.78 is 29.4. The molecule has 33 heavy (non-hydrogen) atoms. The summed E-state index contributed by atoms with van der Waals surface area (Å²) in [5.74, 6) is 0.351. The Morgan fingerprint density at radius 1 is 1.06 bits per heavy atom. The zero-order valence-corrected chi connectivity index (χ0v) is 19.8. The minimum Gasteiger partial charge on any atom is -0.345 e. The molecular weight excluding hydrogens is 460 g/mol. The highest BCUT2D eigenvalue weighted by molar-refractivity contribution is 7.92. The molecule has 1 N–H and O–H groups in total. The second-order valence-corrected chi connectivity index (χ2v) is 9.83. The molecule has 4 rings (SSSR count). The van der Waals surface area contributed by atoms with Gasteiger partial charge >= 0.3 is 0 Å². The number of carbonyl (C=O) groups excluding carboxylic acids is 1. The van der Waals surface area contributed by atoms with E-state index in [1.165, 1.54) is 19.2 Å². The normalized spacial score (nSPS) is 11.5. The quantitative estimate of drug-likeness (QED) is 0.421. The van der Waals surface area contributed by atoms with Crippen LogP contribution in [0.25, 0.3) is 11.0 Å². The van der Waals surface area contributed by atoms with Crippen LogP contribution in [0.5, 0.6) is 0 Å². The molecule has 0 saturated heterocycles. The lowest BCUT2D eigenvalue weighted by Crippen LogP contribution is -2.28. The maximum atomic E-state index is 13.1. The number of aryl methyl sites for hydroxylation is 1. The van der Waals surface area contributed by atoms with E-state index < -0.39 is 10.0 Å². The van der Waals surface area contributed by atoms with Crippen LogP contribution in [-0.2, 0) is 23.1 Å². The lowest BCUT2D eigenvalue weighted by Gasteiger charge is -2.20. The summed E-state index contributed by atoms with van der Waals surface area (Å²) in [5.41, 5.74) is 2.53. The van der Waals surface area contributed by atoms with E-state index in [0.29, 0.717) is 10.7 Å². The van der Waals surface area contributed by atoms with Crippen molar-refractivity contribution in [3.63, 3.8) is 0 Å². The second kappa shape index (κ2) is 9.25. The minimum atomic E-state index is -3.88. The standard InChI is InChI=1S/C24H23ClN4O3S/c1-3-29-22-13-5-4-12-21(22)27-23(29)16-26-24(30)17-8-6-11-20(14-17)33(31,32)28(2)19-10-7-9-18(25)15-19/h4-15H,3,16H2,1-2H3,(H,26,30). The molecule has 9 heteroatoms.